The molecule has 78 valence electrons. The highest BCUT2D eigenvalue weighted by Gasteiger charge is 2.06. The second-order valence-corrected chi connectivity index (χ2v) is 6.02. The molecule has 0 fully saturated rings. The van der Waals surface area contributed by atoms with Crippen molar-refractivity contribution in [2.45, 2.75) is 29.9 Å². The van der Waals surface area contributed by atoms with Crippen molar-refractivity contribution in [3.8, 4) is 0 Å². The predicted octanol–water partition coefficient (Wildman–Crippen LogP) is 4.82. The highest BCUT2D eigenvalue weighted by Crippen LogP contribution is 2.35. The number of benzene rings is 1. The molecule has 1 heterocycles. The van der Waals surface area contributed by atoms with Crippen LogP contribution in [-0.4, -0.2) is 0 Å². The smallest absolute Gasteiger partial charge is 0.0646 e. The number of aryl methyl sites for hydroxylation is 3. The quantitative estimate of drug-likeness (QED) is 0.717. The van der Waals surface area contributed by atoms with Gasteiger partial charge in [-0.1, -0.05) is 35.5 Å². The topological polar surface area (TPSA) is 0 Å². The third-order valence-electron chi connectivity index (χ3n) is 2.30. The molecule has 0 radical (unpaired) electrons. The van der Waals surface area contributed by atoms with Crippen LogP contribution < -0.4 is 0 Å². The van der Waals surface area contributed by atoms with E-state index < -0.39 is 0 Å². The Labute approximate surface area is 99.3 Å². The van der Waals surface area contributed by atoms with Crippen molar-refractivity contribution in [3.63, 3.8) is 0 Å². The summed E-state index contributed by atoms with van der Waals surface area (Å²) < 4.78 is 1.37. The molecule has 0 saturated carbocycles. The van der Waals surface area contributed by atoms with Gasteiger partial charge in [0.1, 0.15) is 0 Å². The van der Waals surface area contributed by atoms with Crippen LogP contribution in [0.1, 0.15) is 16.7 Å². The fraction of sp³-hybridized carbons (Fsp3) is 0.231. The summed E-state index contributed by atoms with van der Waals surface area (Å²) in [6.45, 7) is 6.53. The molecule has 0 aliphatic heterocycles. The monoisotopic (exact) mass is 234 g/mol. The first-order valence-electron chi connectivity index (χ1n) is 4.96. The van der Waals surface area contributed by atoms with Crippen molar-refractivity contribution in [3.05, 3.63) is 46.3 Å². The van der Waals surface area contributed by atoms with E-state index >= 15 is 0 Å². The molecule has 2 aromatic rings. The summed E-state index contributed by atoms with van der Waals surface area (Å²) in [5.74, 6) is 0. The Bertz CT molecular complexity index is 432. The molecule has 0 spiro atoms. The van der Waals surface area contributed by atoms with E-state index in [9.17, 15) is 0 Å². The van der Waals surface area contributed by atoms with Crippen LogP contribution in [-0.2, 0) is 0 Å². The molecule has 0 atom stereocenters. The van der Waals surface area contributed by atoms with Gasteiger partial charge in [0.05, 0.1) is 4.21 Å². The minimum absolute atomic E-state index is 1.35. The fourth-order valence-electron chi connectivity index (χ4n) is 1.75. The Morgan fingerprint density at radius 1 is 1.07 bits per heavy atom. The average Bonchev–Trinajstić information content (AvgIpc) is 2.63. The van der Waals surface area contributed by atoms with Crippen molar-refractivity contribution in [2.24, 2.45) is 0 Å². The molecular weight excluding hydrogens is 220 g/mol. The van der Waals surface area contributed by atoms with Crippen molar-refractivity contribution in [1.82, 2.24) is 0 Å². The maximum atomic E-state index is 2.25. The first-order valence-corrected chi connectivity index (χ1v) is 6.65. The van der Waals surface area contributed by atoms with E-state index in [1.54, 1.807) is 11.3 Å². The van der Waals surface area contributed by atoms with E-state index in [4.69, 9.17) is 0 Å². The zero-order valence-electron chi connectivity index (χ0n) is 9.20. The number of hydrogen-bond donors (Lipinski definition) is 0. The largest absolute Gasteiger partial charge is 0.137 e. The van der Waals surface area contributed by atoms with Crippen molar-refractivity contribution in [2.75, 3.05) is 0 Å². The lowest BCUT2D eigenvalue weighted by atomic mass is 10.1. The first kappa shape index (κ1) is 10.8. The van der Waals surface area contributed by atoms with E-state index in [-0.39, 0.29) is 0 Å². The Kier molecular flexibility index (Phi) is 3.17. The lowest BCUT2D eigenvalue weighted by molar-refractivity contribution is 1.19. The maximum Gasteiger partial charge on any atom is 0.0646 e. The highest BCUT2D eigenvalue weighted by atomic mass is 32.2. The third-order valence-corrected chi connectivity index (χ3v) is 4.69. The molecule has 15 heavy (non-hydrogen) atoms. The standard InChI is InChI=1S/C13H14S2/c1-9-7-10(2)13(11(3)8-9)15-12-5-4-6-14-12/h4-8H,1-3H3. The molecule has 0 saturated heterocycles. The average molecular weight is 234 g/mol. The van der Waals surface area contributed by atoms with Gasteiger partial charge in [-0.2, -0.15) is 0 Å². The zero-order chi connectivity index (χ0) is 10.8. The Balaban J connectivity index is 2.36. The summed E-state index contributed by atoms with van der Waals surface area (Å²) in [5.41, 5.74) is 4.11. The van der Waals surface area contributed by atoms with E-state index in [0.29, 0.717) is 0 Å². The van der Waals surface area contributed by atoms with E-state index in [1.807, 2.05) is 11.8 Å². The van der Waals surface area contributed by atoms with E-state index in [2.05, 4.69) is 50.4 Å². The molecule has 1 aromatic heterocycles. The summed E-state index contributed by atoms with van der Waals surface area (Å²) in [5, 5.41) is 2.13. The van der Waals surface area contributed by atoms with Crippen LogP contribution in [0, 0.1) is 20.8 Å². The first-order chi connectivity index (χ1) is 7.16. The number of rotatable bonds is 2. The second-order valence-electron chi connectivity index (χ2n) is 3.76. The van der Waals surface area contributed by atoms with Gasteiger partial charge < -0.3 is 0 Å². The Morgan fingerprint density at radius 2 is 1.73 bits per heavy atom. The molecule has 0 nitrogen and oxygen atoms in total. The minimum atomic E-state index is 1.35. The summed E-state index contributed by atoms with van der Waals surface area (Å²) in [4.78, 5) is 1.41. The van der Waals surface area contributed by atoms with Gasteiger partial charge in [0.15, 0.2) is 0 Å². The molecule has 2 heteroatoms. The van der Waals surface area contributed by atoms with E-state index in [1.165, 1.54) is 25.8 Å². The van der Waals surface area contributed by atoms with Crippen LogP contribution >= 0.6 is 23.1 Å². The van der Waals surface area contributed by atoms with Crippen LogP contribution in [0.3, 0.4) is 0 Å². The maximum absolute atomic E-state index is 2.25. The molecule has 0 aliphatic rings. The van der Waals surface area contributed by atoms with Crippen LogP contribution in [0.5, 0.6) is 0 Å². The van der Waals surface area contributed by atoms with Gasteiger partial charge in [0.25, 0.3) is 0 Å². The van der Waals surface area contributed by atoms with Gasteiger partial charge in [-0.15, -0.1) is 11.3 Å². The lowest BCUT2D eigenvalue weighted by Gasteiger charge is -2.09. The third kappa shape index (κ3) is 2.44. The second kappa shape index (κ2) is 4.42. The predicted molar refractivity (Wildman–Crippen MR) is 69.1 cm³/mol. The molecule has 0 bridgehead atoms. The molecule has 0 amide bonds. The van der Waals surface area contributed by atoms with Crippen LogP contribution in [0.4, 0.5) is 0 Å². The number of hydrogen-bond acceptors (Lipinski definition) is 2. The molecule has 0 N–H and O–H groups in total. The van der Waals surface area contributed by atoms with Crippen LogP contribution in [0.25, 0.3) is 0 Å². The minimum Gasteiger partial charge on any atom is -0.137 e. The zero-order valence-corrected chi connectivity index (χ0v) is 10.8. The van der Waals surface area contributed by atoms with Crippen molar-refractivity contribution >= 4 is 23.1 Å². The SMILES string of the molecule is Cc1cc(C)c(Sc2cccs2)c(C)c1. The Morgan fingerprint density at radius 3 is 2.27 bits per heavy atom. The lowest BCUT2D eigenvalue weighted by Crippen LogP contribution is -1.86. The van der Waals surface area contributed by atoms with Gasteiger partial charge in [0.2, 0.25) is 0 Å². The molecule has 0 aliphatic carbocycles. The van der Waals surface area contributed by atoms with Gasteiger partial charge >= 0.3 is 0 Å². The summed E-state index contributed by atoms with van der Waals surface area (Å²) in [7, 11) is 0. The van der Waals surface area contributed by atoms with Crippen LogP contribution in [0.2, 0.25) is 0 Å². The Hall–Kier alpha value is -0.730. The van der Waals surface area contributed by atoms with Gasteiger partial charge in [-0.05, 0) is 43.3 Å². The summed E-state index contributed by atoms with van der Waals surface area (Å²) in [6.07, 6.45) is 0. The molecule has 0 unspecified atom stereocenters. The van der Waals surface area contributed by atoms with Crippen LogP contribution in [0.15, 0.2) is 38.8 Å². The number of thiophene rings is 1. The fourth-order valence-corrected chi connectivity index (χ4v) is 3.60. The van der Waals surface area contributed by atoms with Gasteiger partial charge in [-0.25, -0.2) is 0 Å². The van der Waals surface area contributed by atoms with Crippen molar-refractivity contribution < 1.29 is 0 Å². The van der Waals surface area contributed by atoms with Crippen molar-refractivity contribution in [1.29, 1.82) is 0 Å². The summed E-state index contributed by atoms with van der Waals surface area (Å²) >= 11 is 3.68. The normalized spacial score (nSPS) is 10.6. The molecule has 2 rings (SSSR count). The van der Waals surface area contributed by atoms with E-state index in [0.717, 1.165) is 0 Å². The molecule has 1 aromatic carbocycles. The van der Waals surface area contributed by atoms with Gasteiger partial charge in [0, 0.05) is 4.90 Å². The highest BCUT2D eigenvalue weighted by molar-refractivity contribution is 8.01. The van der Waals surface area contributed by atoms with Gasteiger partial charge in [-0.3, -0.25) is 0 Å². The summed E-state index contributed by atoms with van der Waals surface area (Å²) in [6, 6.07) is 8.78. The molecular formula is C13H14S2.